The van der Waals surface area contributed by atoms with Gasteiger partial charge < -0.3 is 4.90 Å². The van der Waals surface area contributed by atoms with Gasteiger partial charge >= 0.3 is 0 Å². The average Bonchev–Trinajstić information content (AvgIpc) is 3.24. The van der Waals surface area contributed by atoms with Crippen LogP contribution in [0, 0.1) is 6.92 Å². The van der Waals surface area contributed by atoms with Crippen molar-refractivity contribution in [2.45, 2.75) is 19.9 Å². The number of nitrogens with zero attached hydrogens (tertiary/aromatic N) is 4. The highest BCUT2D eigenvalue weighted by Crippen LogP contribution is 2.27. The molecule has 1 amide bonds. The van der Waals surface area contributed by atoms with Crippen LogP contribution in [-0.2, 0) is 0 Å². The molecule has 0 radical (unpaired) electrons. The molecule has 3 aromatic heterocycles. The van der Waals surface area contributed by atoms with Crippen molar-refractivity contribution in [1.29, 1.82) is 0 Å². The first kappa shape index (κ1) is 15.4. The molecule has 1 unspecified atom stereocenters. The highest BCUT2D eigenvalue weighted by atomic mass is 32.1. The van der Waals surface area contributed by atoms with Crippen molar-refractivity contribution in [3.05, 3.63) is 64.5 Å². The van der Waals surface area contributed by atoms with Crippen molar-refractivity contribution in [2.24, 2.45) is 0 Å². The van der Waals surface area contributed by atoms with Crippen molar-refractivity contribution in [1.82, 2.24) is 19.4 Å². The molecule has 3 rings (SSSR count). The lowest BCUT2D eigenvalue weighted by atomic mass is 10.2. The average molecular weight is 326 g/mol. The van der Waals surface area contributed by atoms with Gasteiger partial charge in [-0.25, -0.2) is 9.97 Å². The van der Waals surface area contributed by atoms with E-state index in [1.165, 1.54) is 9.75 Å². The molecule has 5 nitrogen and oxygen atoms in total. The van der Waals surface area contributed by atoms with Crippen LogP contribution in [0.2, 0.25) is 0 Å². The molecule has 0 aliphatic carbocycles. The maximum Gasteiger partial charge on any atom is 0.254 e. The van der Waals surface area contributed by atoms with Crippen LogP contribution < -0.4 is 0 Å². The Kier molecular flexibility index (Phi) is 4.25. The number of carbonyl (C=O) groups is 1. The zero-order valence-electron chi connectivity index (χ0n) is 13.3. The summed E-state index contributed by atoms with van der Waals surface area (Å²) in [5, 5.41) is 0. The normalized spacial score (nSPS) is 12.1. The monoisotopic (exact) mass is 326 g/mol. The summed E-state index contributed by atoms with van der Waals surface area (Å²) in [6, 6.07) is 7.72. The van der Waals surface area contributed by atoms with Gasteiger partial charge in [-0.15, -0.1) is 11.3 Å². The summed E-state index contributed by atoms with van der Waals surface area (Å²) >= 11 is 1.72. The molecule has 6 heteroatoms. The predicted molar refractivity (Wildman–Crippen MR) is 90.9 cm³/mol. The smallest absolute Gasteiger partial charge is 0.254 e. The van der Waals surface area contributed by atoms with E-state index in [0.29, 0.717) is 11.4 Å². The van der Waals surface area contributed by atoms with Crippen molar-refractivity contribution < 1.29 is 4.79 Å². The summed E-state index contributed by atoms with van der Waals surface area (Å²) < 4.78 is 1.78. The Labute approximate surface area is 139 Å². The van der Waals surface area contributed by atoms with Crippen molar-refractivity contribution in [3.8, 4) is 5.82 Å². The van der Waals surface area contributed by atoms with Gasteiger partial charge in [-0.1, -0.05) is 0 Å². The van der Waals surface area contributed by atoms with Crippen LogP contribution in [0.15, 0.2) is 49.2 Å². The topological polar surface area (TPSA) is 51.0 Å². The Morgan fingerprint density at radius 1 is 1.30 bits per heavy atom. The van der Waals surface area contributed by atoms with E-state index in [2.05, 4.69) is 29.0 Å². The molecule has 0 aliphatic heterocycles. The number of thiophene rings is 1. The quantitative estimate of drug-likeness (QED) is 0.737. The van der Waals surface area contributed by atoms with E-state index >= 15 is 0 Å². The standard InChI is InChI=1S/C17H18N4OS/c1-12-4-5-15(23-12)13(2)20(3)17(22)14-6-7-19-16(10-14)21-9-8-18-11-21/h4-11,13H,1-3H3. The van der Waals surface area contributed by atoms with E-state index in [0.717, 1.165) is 0 Å². The summed E-state index contributed by atoms with van der Waals surface area (Å²) in [6.45, 7) is 4.12. The molecule has 0 aromatic carbocycles. The molecular weight excluding hydrogens is 308 g/mol. The molecule has 3 heterocycles. The van der Waals surface area contributed by atoms with Crippen LogP contribution >= 0.6 is 11.3 Å². The number of pyridine rings is 1. The third kappa shape index (κ3) is 3.17. The van der Waals surface area contributed by atoms with Crippen molar-refractivity contribution in [3.63, 3.8) is 0 Å². The third-order valence-electron chi connectivity index (χ3n) is 3.84. The lowest BCUT2D eigenvalue weighted by Gasteiger charge is -2.24. The molecule has 0 fully saturated rings. The fourth-order valence-electron chi connectivity index (χ4n) is 2.34. The molecule has 3 aromatic rings. The molecule has 0 aliphatic rings. The van der Waals surface area contributed by atoms with E-state index in [4.69, 9.17) is 0 Å². The fourth-order valence-corrected chi connectivity index (χ4v) is 3.31. The predicted octanol–water partition coefficient (Wildman–Crippen LogP) is 3.47. The number of hydrogen-bond donors (Lipinski definition) is 0. The van der Waals surface area contributed by atoms with Crippen LogP contribution in [0.5, 0.6) is 0 Å². The summed E-state index contributed by atoms with van der Waals surface area (Å²) in [4.78, 5) is 25.3. The lowest BCUT2D eigenvalue weighted by Crippen LogP contribution is -2.29. The third-order valence-corrected chi connectivity index (χ3v) is 5.01. The van der Waals surface area contributed by atoms with Crippen molar-refractivity contribution >= 4 is 17.2 Å². The first-order valence-electron chi connectivity index (χ1n) is 7.34. The highest BCUT2D eigenvalue weighted by molar-refractivity contribution is 7.12. The molecule has 0 N–H and O–H groups in total. The second-order valence-electron chi connectivity index (χ2n) is 5.41. The minimum atomic E-state index is -0.0210. The number of carbonyl (C=O) groups excluding carboxylic acids is 1. The fraction of sp³-hybridized carbons (Fsp3) is 0.235. The van der Waals surface area contributed by atoms with E-state index in [1.54, 1.807) is 57.9 Å². The minimum absolute atomic E-state index is 0.0210. The molecule has 0 saturated carbocycles. The van der Waals surface area contributed by atoms with Gasteiger partial charge in [0.25, 0.3) is 5.91 Å². The summed E-state index contributed by atoms with van der Waals surface area (Å²) in [6.07, 6.45) is 6.80. The van der Waals surface area contributed by atoms with Crippen LogP contribution in [0.1, 0.15) is 33.1 Å². The molecule has 0 saturated heterocycles. The number of imidazole rings is 1. The zero-order chi connectivity index (χ0) is 16.4. The van der Waals surface area contributed by atoms with Gasteiger partial charge in [0, 0.05) is 41.0 Å². The Balaban J connectivity index is 1.83. The Bertz CT molecular complexity index is 810. The van der Waals surface area contributed by atoms with Crippen LogP contribution in [0.3, 0.4) is 0 Å². The molecule has 0 spiro atoms. The van der Waals surface area contributed by atoms with E-state index in [1.807, 2.05) is 14.0 Å². The van der Waals surface area contributed by atoms with Crippen LogP contribution in [0.25, 0.3) is 5.82 Å². The van der Waals surface area contributed by atoms with Crippen LogP contribution in [-0.4, -0.2) is 32.4 Å². The minimum Gasteiger partial charge on any atom is -0.334 e. The maximum absolute atomic E-state index is 12.8. The zero-order valence-corrected chi connectivity index (χ0v) is 14.1. The Hall–Kier alpha value is -2.47. The van der Waals surface area contributed by atoms with Gasteiger partial charge in [-0.3, -0.25) is 9.36 Å². The number of amides is 1. The SMILES string of the molecule is Cc1ccc(C(C)N(C)C(=O)c2ccnc(-n3ccnc3)c2)s1. The Morgan fingerprint density at radius 3 is 2.78 bits per heavy atom. The van der Waals surface area contributed by atoms with E-state index in [-0.39, 0.29) is 11.9 Å². The summed E-state index contributed by atoms with van der Waals surface area (Å²) in [5.74, 6) is 0.661. The summed E-state index contributed by atoms with van der Waals surface area (Å²) in [7, 11) is 1.83. The van der Waals surface area contributed by atoms with Gasteiger partial charge in [-0.05, 0) is 38.1 Å². The van der Waals surface area contributed by atoms with Gasteiger partial charge in [0.15, 0.2) is 0 Å². The first-order valence-corrected chi connectivity index (χ1v) is 8.16. The maximum atomic E-state index is 12.8. The summed E-state index contributed by atoms with van der Waals surface area (Å²) in [5.41, 5.74) is 0.617. The van der Waals surface area contributed by atoms with Gasteiger partial charge in [-0.2, -0.15) is 0 Å². The highest BCUT2D eigenvalue weighted by Gasteiger charge is 2.20. The van der Waals surface area contributed by atoms with Crippen molar-refractivity contribution in [2.75, 3.05) is 7.05 Å². The van der Waals surface area contributed by atoms with E-state index in [9.17, 15) is 4.79 Å². The first-order chi connectivity index (χ1) is 11.1. The van der Waals surface area contributed by atoms with Gasteiger partial charge in [0.2, 0.25) is 0 Å². The molecular formula is C17H18N4OS. The van der Waals surface area contributed by atoms with Crippen LogP contribution in [0.4, 0.5) is 0 Å². The van der Waals surface area contributed by atoms with Gasteiger partial charge in [0.05, 0.1) is 6.04 Å². The lowest BCUT2D eigenvalue weighted by molar-refractivity contribution is 0.0745. The second-order valence-corrected chi connectivity index (χ2v) is 6.73. The van der Waals surface area contributed by atoms with E-state index < -0.39 is 0 Å². The molecule has 118 valence electrons. The van der Waals surface area contributed by atoms with Gasteiger partial charge in [0.1, 0.15) is 12.1 Å². The number of aromatic nitrogens is 3. The second kappa shape index (κ2) is 6.34. The number of aryl methyl sites for hydroxylation is 1. The largest absolute Gasteiger partial charge is 0.334 e. The molecule has 1 atom stereocenters. The molecule has 0 bridgehead atoms. The number of rotatable bonds is 4. The Morgan fingerprint density at radius 2 is 2.13 bits per heavy atom. The number of hydrogen-bond acceptors (Lipinski definition) is 4. The molecule has 23 heavy (non-hydrogen) atoms.